The van der Waals surface area contributed by atoms with Crippen LogP contribution in [0.1, 0.15) is 10.4 Å². The van der Waals surface area contributed by atoms with E-state index < -0.39 is 0 Å². The number of allylic oxidation sites excluding steroid dienone is 2. The molecule has 0 saturated carbocycles. The Morgan fingerprint density at radius 3 is 2.31 bits per heavy atom. The second kappa shape index (κ2) is 4.57. The molecule has 3 nitrogen and oxygen atoms in total. The first-order valence-corrected chi connectivity index (χ1v) is 4.91. The van der Waals surface area contributed by atoms with Crippen LogP contribution in [0.4, 0.5) is 0 Å². The zero-order valence-corrected chi connectivity index (χ0v) is 8.50. The van der Waals surface area contributed by atoms with Crippen molar-refractivity contribution in [3.05, 3.63) is 54.1 Å². The van der Waals surface area contributed by atoms with Crippen LogP contribution in [-0.4, -0.2) is 12.3 Å². The van der Waals surface area contributed by atoms with Crippen LogP contribution in [0, 0.1) is 5.92 Å². The Morgan fingerprint density at radius 1 is 1.12 bits per heavy atom. The Hall–Kier alpha value is -2.16. The number of aldehydes is 1. The van der Waals surface area contributed by atoms with Crippen LogP contribution in [-0.2, 0) is 4.79 Å². The average Bonchev–Trinajstić information content (AvgIpc) is 2.83. The fourth-order valence-corrected chi connectivity index (χ4v) is 1.39. The summed E-state index contributed by atoms with van der Waals surface area (Å²) in [4.78, 5) is 22.0. The van der Waals surface area contributed by atoms with E-state index >= 15 is 0 Å². The van der Waals surface area contributed by atoms with Crippen LogP contribution in [0.2, 0.25) is 0 Å². The second-order valence-corrected chi connectivity index (χ2v) is 3.40. The molecule has 2 rings (SSSR count). The minimum Gasteiger partial charge on any atom is -0.426 e. The summed E-state index contributed by atoms with van der Waals surface area (Å²) in [6.07, 6.45) is 7.89. The zero-order chi connectivity index (χ0) is 11.4. The summed E-state index contributed by atoms with van der Waals surface area (Å²) >= 11 is 0. The minimum atomic E-state index is -0.316. The normalized spacial score (nSPS) is 14.0. The van der Waals surface area contributed by atoms with Crippen molar-refractivity contribution in [2.24, 2.45) is 5.92 Å². The molecule has 3 heteroatoms. The molecule has 0 aromatic heterocycles. The van der Waals surface area contributed by atoms with Gasteiger partial charge in [0.25, 0.3) is 0 Å². The number of ether oxygens (including phenoxy) is 1. The van der Waals surface area contributed by atoms with Gasteiger partial charge in [-0.2, -0.15) is 0 Å². The zero-order valence-electron chi connectivity index (χ0n) is 8.50. The highest BCUT2D eigenvalue weighted by Crippen LogP contribution is 2.16. The van der Waals surface area contributed by atoms with E-state index in [9.17, 15) is 9.59 Å². The van der Waals surface area contributed by atoms with Crippen molar-refractivity contribution >= 4 is 12.3 Å². The summed E-state index contributed by atoms with van der Waals surface area (Å²) in [5.41, 5.74) is 0.556. The molecule has 1 aliphatic rings. The van der Waals surface area contributed by atoms with Gasteiger partial charge in [0, 0.05) is 5.56 Å². The van der Waals surface area contributed by atoms with Crippen molar-refractivity contribution in [1.82, 2.24) is 0 Å². The van der Waals surface area contributed by atoms with E-state index in [1.165, 1.54) is 0 Å². The van der Waals surface area contributed by atoms with Gasteiger partial charge in [-0.3, -0.25) is 9.59 Å². The van der Waals surface area contributed by atoms with Gasteiger partial charge in [0.05, 0.1) is 5.92 Å². The Labute approximate surface area is 93.0 Å². The molecule has 0 aliphatic heterocycles. The second-order valence-electron chi connectivity index (χ2n) is 3.40. The van der Waals surface area contributed by atoms with Crippen molar-refractivity contribution in [2.75, 3.05) is 0 Å². The molecule has 1 aromatic rings. The lowest BCUT2D eigenvalue weighted by molar-refractivity contribution is -0.135. The highest BCUT2D eigenvalue weighted by molar-refractivity contribution is 5.80. The summed E-state index contributed by atoms with van der Waals surface area (Å²) in [7, 11) is 0. The molecule has 0 atom stereocenters. The summed E-state index contributed by atoms with van der Waals surface area (Å²) in [6, 6.07) is 6.42. The molecule has 0 spiro atoms. The van der Waals surface area contributed by atoms with E-state index in [0.29, 0.717) is 11.3 Å². The molecule has 1 aliphatic carbocycles. The fraction of sp³-hybridized carbons (Fsp3) is 0.0769. The van der Waals surface area contributed by atoms with E-state index in [-0.39, 0.29) is 11.9 Å². The van der Waals surface area contributed by atoms with E-state index in [2.05, 4.69) is 0 Å². The standard InChI is InChI=1S/C13H10O3/c14-9-10-5-7-12(8-6-10)16-13(15)11-3-1-2-4-11/h1-9,11H. The lowest BCUT2D eigenvalue weighted by Gasteiger charge is -2.06. The molecular formula is C13H10O3. The first-order chi connectivity index (χ1) is 7.79. The molecule has 80 valence electrons. The highest BCUT2D eigenvalue weighted by Gasteiger charge is 2.16. The van der Waals surface area contributed by atoms with E-state index in [1.807, 2.05) is 0 Å². The van der Waals surface area contributed by atoms with Crippen LogP contribution in [0.5, 0.6) is 5.75 Å². The summed E-state index contributed by atoms with van der Waals surface area (Å²) in [5.74, 6) is -0.168. The van der Waals surface area contributed by atoms with E-state index in [0.717, 1.165) is 6.29 Å². The monoisotopic (exact) mass is 214 g/mol. The minimum absolute atomic E-state index is 0.300. The van der Waals surface area contributed by atoms with Gasteiger partial charge in [-0.25, -0.2) is 0 Å². The van der Waals surface area contributed by atoms with E-state index in [1.54, 1.807) is 48.6 Å². The Morgan fingerprint density at radius 2 is 1.75 bits per heavy atom. The molecular weight excluding hydrogens is 204 g/mol. The van der Waals surface area contributed by atoms with Gasteiger partial charge >= 0.3 is 5.97 Å². The van der Waals surface area contributed by atoms with Gasteiger partial charge < -0.3 is 4.74 Å². The Balaban J connectivity index is 2.03. The third kappa shape index (κ3) is 2.25. The van der Waals surface area contributed by atoms with Gasteiger partial charge in [0.15, 0.2) is 0 Å². The number of esters is 1. The molecule has 0 radical (unpaired) electrons. The molecule has 0 saturated heterocycles. The topological polar surface area (TPSA) is 43.4 Å². The number of carbonyl (C=O) groups excluding carboxylic acids is 2. The van der Waals surface area contributed by atoms with Crippen LogP contribution >= 0.6 is 0 Å². The van der Waals surface area contributed by atoms with E-state index in [4.69, 9.17) is 4.74 Å². The molecule has 16 heavy (non-hydrogen) atoms. The van der Waals surface area contributed by atoms with Gasteiger partial charge in [-0.15, -0.1) is 0 Å². The van der Waals surface area contributed by atoms with Crippen molar-refractivity contribution in [2.45, 2.75) is 0 Å². The number of benzene rings is 1. The largest absolute Gasteiger partial charge is 0.426 e. The maximum atomic E-state index is 11.6. The molecule has 0 unspecified atom stereocenters. The van der Waals surface area contributed by atoms with Gasteiger partial charge in [0.1, 0.15) is 12.0 Å². The number of carbonyl (C=O) groups is 2. The first kappa shape index (κ1) is 10.4. The average molecular weight is 214 g/mol. The number of hydrogen-bond donors (Lipinski definition) is 0. The summed E-state index contributed by atoms with van der Waals surface area (Å²) in [6.45, 7) is 0. The molecule has 0 bridgehead atoms. The molecule has 0 heterocycles. The van der Waals surface area contributed by atoms with Crippen molar-refractivity contribution in [1.29, 1.82) is 0 Å². The van der Waals surface area contributed by atoms with Crippen LogP contribution < -0.4 is 4.74 Å². The van der Waals surface area contributed by atoms with Crippen molar-refractivity contribution < 1.29 is 14.3 Å². The van der Waals surface area contributed by atoms with Crippen molar-refractivity contribution in [3.8, 4) is 5.75 Å². The lowest BCUT2D eigenvalue weighted by Crippen LogP contribution is -2.15. The quantitative estimate of drug-likeness (QED) is 0.440. The summed E-state index contributed by atoms with van der Waals surface area (Å²) < 4.78 is 5.14. The van der Waals surface area contributed by atoms with Gasteiger partial charge in [-0.1, -0.05) is 24.3 Å². The molecule has 0 fully saturated rings. The predicted molar refractivity (Wildman–Crippen MR) is 59.2 cm³/mol. The smallest absolute Gasteiger partial charge is 0.322 e. The highest BCUT2D eigenvalue weighted by atomic mass is 16.5. The van der Waals surface area contributed by atoms with Crippen LogP contribution in [0.15, 0.2) is 48.6 Å². The fourth-order valence-electron chi connectivity index (χ4n) is 1.39. The van der Waals surface area contributed by atoms with Crippen LogP contribution in [0.25, 0.3) is 0 Å². The molecule has 1 aromatic carbocycles. The third-order valence-electron chi connectivity index (χ3n) is 2.25. The van der Waals surface area contributed by atoms with Gasteiger partial charge in [-0.05, 0) is 24.3 Å². The molecule has 0 amide bonds. The number of rotatable bonds is 3. The first-order valence-electron chi connectivity index (χ1n) is 4.91. The summed E-state index contributed by atoms with van der Waals surface area (Å²) in [5, 5.41) is 0. The third-order valence-corrected chi connectivity index (χ3v) is 2.25. The SMILES string of the molecule is O=Cc1ccc(OC(=O)C2C=CC=C2)cc1. The Kier molecular flexibility index (Phi) is 2.96. The van der Waals surface area contributed by atoms with Crippen molar-refractivity contribution in [3.63, 3.8) is 0 Å². The predicted octanol–water partition coefficient (Wildman–Crippen LogP) is 2.15. The maximum absolute atomic E-state index is 11.6. The number of hydrogen-bond acceptors (Lipinski definition) is 3. The maximum Gasteiger partial charge on any atom is 0.322 e. The lowest BCUT2D eigenvalue weighted by atomic mass is 10.2. The Bertz CT molecular complexity index is 443. The van der Waals surface area contributed by atoms with Crippen LogP contribution in [0.3, 0.4) is 0 Å². The molecule has 0 N–H and O–H groups in total. The van der Waals surface area contributed by atoms with Gasteiger partial charge in [0.2, 0.25) is 0 Å².